The molecule has 0 spiro atoms. The molecular formula is C22H27N3O4. The minimum absolute atomic E-state index is 0.105. The number of carbonyl (C=O) groups excluding carboxylic acids is 3. The van der Waals surface area contributed by atoms with E-state index >= 15 is 0 Å². The Balaban J connectivity index is 1.77. The molecule has 2 rings (SSSR count). The first-order chi connectivity index (χ1) is 13.8. The number of carbonyl (C=O) groups is 3. The average molecular weight is 397 g/mol. The Kier molecular flexibility index (Phi) is 8.21. The van der Waals surface area contributed by atoms with E-state index in [1.165, 1.54) is 12.5 Å². The summed E-state index contributed by atoms with van der Waals surface area (Å²) in [5.74, 6) is 0.396. The molecular weight excluding hydrogens is 370 g/mol. The predicted molar refractivity (Wildman–Crippen MR) is 112 cm³/mol. The molecule has 0 radical (unpaired) electrons. The van der Waals surface area contributed by atoms with Gasteiger partial charge in [-0.3, -0.25) is 14.4 Å². The Labute approximate surface area is 170 Å². The second kappa shape index (κ2) is 10.8. The molecule has 154 valence electrons. The van der Waals surface area contributed by atoms with Gasteiger partial charge in [0.25, 0.3) is 11.8 Å². The van der Waals surface area contributed by atoms with Crippen LogP contribution in [0.5, 0.6) is 5.75 Å². The first-order valence-corrected chi connectivity index (χ1v) is 9.50. The van der Waals surface area contributed by atoms with Crippen molar-refractivity contribution in [2.24, 2.45) is 0 Å². The molecule has 2 aromatic carbocycles. The quantitative estimate of drug-likeness (QED) is 0.567. The topological polar surface area (TPSA) is 96.5 Å². The Bertz CT molecular complexity index is 830. The molecule has 7 nitrogen and oxygen atoms in total. The molecule has 0 aliphatic carbocycles. The number of ether oxygens (including phenoxy) is 1. The Morgan fingerprint density at radius 2 is 1.52 bits per heavy atom. The van der Waals surface area contributed by atoms with Crippen molar-refractivity contribution in [2.45, 2.75) is 26.7 Å². The molecule has 0 bridgehead atoms. The highest BCUT2D eigenvalue weighted by Crippen LogP contribution is 2.18. The summed E-state index contributed by atoms with van der Waals surface area (Å²) in [6.07, 6.45) is 0. The zero-order valence-corrected chi connectivity index (χ0v) is 17.0. The molecule has 3 amide bonds. The zero-order chi connectivity index (χ0) is 21.2. The van der Waals surface area contributed by atoms with Gasteiger partial charge in [0.2, 0.25) is 5.91 Å². The lowest BCUT2D eigenvalue weighted by atomic mass is 10.0. The number of hydrogen-bond donors (Lipinski definition) is 3. The molecule has 0 atom stereocenters. The van der Waals surface area contributed by atoms with Crippen LogP contribution in [0, 0.1) is 0 Å². The van der Waals surface area contributed by atoms with Crippen molar-refractivity contribution in [1.29, 1.82) is 0 Å². The number of hydrogen-bond acceptors (Lipinski definition) is 4. The summed E-state index contributed by atoms with van der Waals surface area (Å²) in [5, 5.41) is 8.03. The summed E-state index contributed by atoms with van der Waals surface area (Å²) in [4.78, 5) is 34.9. The summed E-state index contributed by atoms with van der Waals surface area (Å²) in [6.45, 7) is 6.25. The van der Waals surface area contributed by atoms with E-state index in [-0.39, 0.29) is 24.3 Å². The molecule has 0 aromatic heterocycles. The van der Waals surface area contributed by atoms with Crippen molar-refractivity contribution in [2.75, 3.05) is 25.0 Å². The molecule has 0 aliphatic rings. The third-order valence-corrected chi connectivity index (χ3v) is 4.13. The van der Waals surface area contributed by atoms with E-state index in [0.29, 0.717) is 36.0 Å². The van der Waals surface area contributed by atoms with Crippen molar-refractivity contribution in [3.05, 3.63) is 59.7 Å². The van der Waals surface area contributed by atoms with E-state index < -0.39 is 0 Å². The van der Waals surface area contributed by atoms with Crippen LogP contribution in [0.25, 0.3) is 0 Å². The molecule has 3 N–H and O–H groups in total. The second-order valence-electron chi connectivity index (χ2n) is 6.88. The van der Waals surface area contributed by atoms with Crippen LogP contribution in [0.1, 0.15) is 42.6 Å². The maximum absolute atomic E-state index is 12.1. The van der Waals surface area contributed by atoms with Crippen LogP contribution < -0.4 is 20.7 Å². The largest absolute Gasteiger partial charge is 0.484 e. The first kappa shape index (κ1) is 21.9. The Hall–Kier alpha value is -3.35. The fraction of sp³-hybridized carbons (Fsp3) is 0.318. The summed E-state index contributed by atoms with van der Waals surface area (Å²) < 4.78 is 5.50. The summed E-state index contributed by atoms with van der Waals surface area (Å²) in [6, 6.07) is 14.2. The molecule has 0 saturated carbocycles. The number of amides is 3. The van der Waals surface area contributed by atoms with Gasteiger partial charge in [-0.05, 0) is 47.9 Å². The second-order valence-corrected chi connectivity index (χ2v) is 6.88. The van der Waals surface area contributed by atoms with E-state index in [9.17, 15) is 14.4 Å². The van der Waals surface area contributed by atoms with E-state index in [1.54, 1.807) is 24.3 Å². The van der Waals surface area contributed by atoms with Gasteiger partial charge in [0.15, 0.2) is 6.61 Å². The van der Waals surface area contributed by atoms with E-state index in [0.717, 1.165) is 0 Å². The minimum Gasteiger partial charge on any atom is -0.484 e. The SMILES string of the molecule is CC(=O)NCCNC(=O)c1ccc(NC(=O)COc2ccc(C(C)C)cc2)cc1. The van der Waals surface area contributed by atoms with Crippen molar-refractivity contribution in [3.8, 4) is 5.75 Å². The van der Waals surface area contributed by atoms with E-state index in [1.807, 2.05) is 24.3 Å². The maximum Gasteiger partial charge on any atom is 0.262 e. The van der Waals surface area contributed by atoms with E-state index in [2.05, 4.69) is 29.8 Å². The third kappa shape index (κ3) is 7.65. The van der Waals surface area contributed by atoms with Crippen LogP contribution in [-0.2, 0) is 9.59 Å². The monoisotopic (exact) mass is 397 g/mol. The van der Waals surface area contributed by atoms with Gasteiger partial charge in [-0.2, -0.15) is 0 Å². The summed E-state index contributed by atoms with van der Waals surface area (Å²) >= 11 is 0. The van der Waals surface area contributed by atoms with E-state index in [4.69, 9.17) is 4.74 Å². The van der Waals surface area contributed by atoms with Gasteiger partial charge >= 0.3 is 0 Å². The summed E-state index contributed by atoms with van der Waals surface area (Å²) in [5.41, 5.74) is 2.25. The van der Waals surface area contributed by atoms with Gasteiger partial charge in [0.1, 0.15) is 5.75 Å². The average Bonchev–Trinajstić information content (AvgIpc) is 2.70. The number of anilines is 1. The lowest BCUT2D eigenvalue weighted by Gasteiger charge is -2.10. The fourth-order valence-corrected chi connectivity index (χ4v) is 2.52. The smallest absolute Gasteiger partial charge is 0.262 e. The molecule has 0 aliphatic heterocycles. The third-order valence-electron chi connectivity index (χ3n) is 4.13. The standard InChI is InChI=1S/C22H27N3O4/c1-15(2)17-6-10-20(11-7-17)29-14-21(27)25-19-8-4-18(5-9-19)22(28)24-13-12-23-16(3)26/h4-11,15H,12-14H2,1-3H3,(H,23,26)(H,24,28)(H,25,27). The van der Waals surface area contributed by atoms with Crippen LogP contribution in [0.4, 0.5) is 5.69 Å². The van der Waals surface area contributed by atoms with Crippen LogP contribution in [-0.4, -0.2) is 37.4 Å². The van der Waals surface area contributed by atoms with Crippen LogP contribution in [0.15, 0.2) is 48.5 Å². The van der Waals surface area contributed by atoms with Gasteiger partial charge < -0.3 is 20.7 Å². The molecule has 2 aromatic rings. The van der Waals surface area contributed by atoms with Crippen molar-refractivity contribution in [3.63, 3.8) is 0 Å². The van der Waals surface area contributed by atoms with Crippen LogP contribution >= 0.6 is 0 Å². The van der Waals surface area contributed by atoms with Gasteiger partial charge in [-0.25, -0.2) is 0 Å². The maximum atomic E-state index is 12.1. The van der Waals surface area contributed by atoms with Crippen LogP contribution in [0.3, 0.4) is 0 Å². The highest BCUT2D eigenvalue weighted by atomic mass is 16.5. The molecule has 7 heteroatoms. The predicted octanol–water partition coefficient (Wildman–Crippen LogP) is 2.69. The highest BCUT2D eigenvalue weighted by Gasteiger charge is 2.08. The lowest BCUT2D eigenvalue weighted by Crippen LogP contribution is -2.33. The number of rotatable bonds is 9. The van der Waals surface area contributed by atoms with Gasteiger partial charge in [-0.1, -0.05) is 26.0 Å². The highest BCUT2D eigenvalue weighted by molar-refractivity contribution is 5.96. The first-order valence-electron chi connectivity index (χ1n) is 9.50. The zero-order valence-electron chi connectivity index (χ0n) is 17.0. The molecule has 0 unspecified atom stereocenters. The molecule has 29 heavy (non-hydrogen) atoms. The molecule has 0 saturated heterocycles. The number of benzene rings is 2. The lowest BCUT2D eigenvalue weighted by molar-refractivity contribution is -0.119. The van der Waals surface area contributed by atoms with Gasteiger partial charge in [-0.15, -0.1) is 0 Å². The van der Waals surface area contributed by atoms with Crippen molar-refractivity contribution >= 4 is 23.4 Å². The van der Waals surface area contributed by atoms with Crippen LogP contribution in [0.2, 0.25) is 0 Å². The van der Waals surface area contributed by atoms with Crippen molar-refractivity contribution in [1.82, 2.24) is 10.6 Å². The van der Waals surface area contributed by atoms with Gasteiger partial charge in [0.05, 0.1) is 0 Å². The Morgan fingerprint density at radius 1 is 0.897 bits per heavy atom. The van der Waals surface area contributed by atoms with Gasteiger partial charge in [0, 0.05) is 31.3 Å². The fourth-order valence-electron chi connectivity index (χ4n) is 2.52. The van der Waals surface area contributed by atoms with Crippen molar-refractivity contribution < 1.29 is 19.1 Å². The summed E-state index contributed by atoms with van der Waals surface area (Å²) in [7, 11) is 0. The normalized spacial score (nSPS) is 10.3. The number of nitrogens with one attached hydrogen (secondary N) is 3. The molecule has 0 fully saturated rings. The Morgan fingerprint density at radius 3 is 2.10 bits per heavy atom. The minimum atomic E-state index is -0.287. The molecule has 0 heterocycles.